The van der Waals surface area contributed by atoms with Crippen molar-refractivity contribution in [1.82, 2.24) is 9.62 Å². The number of halogens is 1. The summed E-state index contributed by atoms with van der Waals surface area (Å²) < 4.78 is 28.2. The van der Waals surface area contributed by atoms with Gasteiger partial charge >= 0.3 is 0 Å². The van der Waals surface area contributed by atoms with Crippen molar-refractivity contribution in [3.63, 3.8) is 0 Å². The van der Waals surface area contributed by atoms with Crippen molar-refractivity contribution >= 4 is 26.0 Å². The summed E-state index contributed by atoms with van der Waals surface area (Å²) in [4.78, 5) is 0.430. The third-order valence-corrected chi connectivity index (χ3v) is 6.76. The lowest BCUT2D eigenvalue weighted by molar-refractivity contribution is 0.464. The molecule has 4 nitrogen and oxygen atoms in total. The molecule has 1 unspecified atom stereocenters. The van der Waals surface area contributed by atoms with E-state index in [-0.39, 0.29) is 0 Å². The van der Waals surface area contributed by atoms with Crippen molar-refractivity contribution in [3.05, 3.63) is 27.7 Å². The molecule has 1 aromatic carbocycles. The minimum atomic E-state index is -3.40. The molecule has 1 aliphatic rings. The van der Waals surface area contributed by atoms with E-state index in [0.29, 0.717) is 30.4 Å². The molecular weight excluding hydrogens is 352 g/mol. The van der Waals surface area contributed by atoms with Crippen molar-refractivity contribution in [3.8, 4) is 0 Å². The van der Waals surface area contributed by atoms with Crippen LogP contribution >= 0.6 is 15.9 Å². The van der Waals surface area contributed by atoms with Gasteiger partial charge in [-0.2, -0.15) is 4.31 Å². The molecular formula is C15H23BrN2O2S. The summed E-state index contributed by atoms with van der Waals surface area (Å²) in [5.41, 5.74) is 1.77. The normalized spacial score (nSPS) is 20.1. The van der Waals surface area contributed by atoms with Crippen molar-refractivity contribution in [2.75, 3.05) is 19.6 Å². The van der Waals surface area contributed by atoms with Crippen molar-refractivity contribution < 1.29 is 8.42 Å². The number of nitrogens with one attached hydrogen (secondary N) is 1. The van der Waals surface area contributed by atoms with Crippen LogP contribution in [0.4, 0.5) is 0 Å². The average Bonchev–Trinajstić information content (AvgIpc) is 2.87. The number of hydrogen-bond acceptors (Lipinski definition) is 3. The third kappa shape index (κ3) is 3.67. The Morgan fingerprint density at radius 3 is 2.71 bits per heavy atom. The van der Waals surface area contributed by atoms with Gasteiger partial charge in [-0.15, -0.1) is 0 Å². The third-order valence-electron chi connectivity index (χ3n) is 3.94. The fraction of sp³-hybridized carbons (Fsp3) is 0.600. The predicted molar refractivity (Wildman–Crippen MR) is 88.8 cm³/mol. The van der Waals surface area contributed by atoms with Crippen LogP contribution in [0.1, 0.15) is 31.4 Å². The maximum Gasteiger partial charge on any atom is 0.243 e. The van der Waals surface area contributed by atoms with Crippen LogP contribution in [0.3, 0.4) is 0 Å². The monoisotopic (exact) mass is 374 g/mol. The zero-order chi connectivity index (χ0) is 15.6. The molecule has 2 rings (SSSR count). The molecule has 21 heavy (non-hydrogen) atoms. The van der Waals surface area contributed by atoms with Gasteiger partial charge in [0, 0.05) is 24.1 Å². The minimum Gasteiger partial charge on any atom is -0.313 e. The standard InChI is InChI=1S/C15H23BrN2O2S/c1-4-17-9-13-7-14(16)12(3)15(8-13)21(19,20)18-6-5-11(2)10-18/h7-8,11,17H,4-6,9-10H2,1-3H3. The lowest BCUT2D eigenvalue weighted by Gasteiger charge is -2.19. The second-order valence-electron chi connectivity index (χ2n) is 5.74. The number of nitrogens with zero attached hydrogens (tertiary/aromatic N) is 1. The molecule has 1 N–H and O–H groups in total. The molecule has 1 aliphatic heterocycles. The smallest absolute Gasteiger partial charge is 0.243 e. The van der Waals surface area contributed by atoms with E-state index in [1.54, 1.807) is 10.4 Å². The Labute approximate surface area is 136 Å². The highest BCUT2D eigenvalue weighted by atomic mass is 79.9. The molecule has 118 valence electrons. The summed E-state index contributed by atoms with van der Waals surface area (Å²) in [7, 11) is -3.40. The Morgan fingerprint density at radius 1 is 1.43 bits per heavy atom. The Balaban J connectivity index is 2.39. The number of sulfonamides is 1. The van der Waals surface area contributed by atoms with Gasteiger partial charge in [0.05, 0.1) is 4.90 Å². The van der Waals surface area contributed by atoms with Gasteiger partial charge in [-0.05, 0) is 49.1 Å². The van der Waals surface area contributed by atoms with E-state index >= 15 is 0 Å². The number of rotatable bonds is 5. The molecule has 0 spiro atoms. The number of hydrogen-bond donors (Lipinski definition) is 1. The van der Waals surface area contributed by atoms with Crippen LogP contribution in [0.5, 0.6) is 0 Å². The maximum atomic E-state index is 12.9. The van der Waals surface area contributed by atoms with E-state index in [4.69, 9.17) is 0 Å². The van der Waals surface area contributed by atoms with Crippen LogP contribution in [0.15, 0.2) is 21.5 Å². The first kappa shape index (κ1) is 16.9. The lowest BCUT2D eigenvalue weighted by atomic mass is 10.1. The van der Waals surface area contributed by atoms with Crippen LogP contribution < -0.4 is 5.32 Å². The van der Waals surface area contributed by atoms with Gasteiger partial charge in [0.1, 0.15) is 0 Å². The highest BCUT2D eigenvalue weighted by molar-refractivity contribution is 9.10. The summed E-state index contributed by atoms with van der Waals surface area (Å²) in [6.45, 7) is 8.76. The highest BCUT2D eigenvalue weighted by Gasteiger charge is 2.32. The zero-order valence-electron chi connectivity index (χ0n) is 12.8. The van der Waals surface area contributed by atoms with Crippen LogP contribution in [0.2, 0.25) is 0 Å². The van der Waals surface area contributed by atoms with Crippen LogP contribution in [0, 0.1) is 12.8 Å². The van der Waals surface area contributed by atoms with E-state index in [9.17, 15) is 8.42 Å². The Bertz CT molecular complexity index is 616. The fourth-order valence-electron chi connectivity index (χ4n) is 2.60. The predicted octanol–water partition coefficient (Wildman–Crippen LogP) is 2.90. The fourth-order valence-corrected chi connectivity index (χ4v) is 5.11. The van der Waals surface area contributed by atoms with E-state index in [1.165, 1.54) is 0 Å². The largest absolute Gasteiger partial charge is 0.313 e. The van der Waals surface area contributed by atoms with Crippen LogP contribution in [-0.4, -0.2) is 32.4 Å². The van der Waals surface area contributed by atoms with Gasteiger partial charge in [0.2, 0.25) is 10.0 Å². The van der Waals surface area contributed by atoms with Gasteiger partial charge in [-0.25, -0.2) is 8.42 Å². The molecule has 0 bridgehead atoms. The lowest BCUT2D eigenvalue weighted by Crippen LogP contribution is -2.29. The molecule has 1 fully saturated rings. The molecule has 6 heteroatoms. The Hall–Kier alpha value is -0.430. The molecule has 1 heterocycles. The summed E-state index contributed by atoms with van der Waals surface area (Å²) in [5.74, 6) is 0.438. The molecule has 0 aliphatic carbocycles. The first-order chi connectivity index (χ1) is 9.86. The highest BCUT2D eigenvalue weighted by Crippen LogP contribution is 2.30. The number of benzene rings is 1. The SMILES string of the molecule is CCNCc1cc(Br)c(C)c(S(=O)(=O)N2CCC(C)C2)c1. The maximum absolute atomic E-state index is 12.9. The molecule has 1 aromatic rings. The van der Waals surface area contributed by atoms with Gasteiger partial charge < -0.3 is 5.32 Å². The van der Waals surface area contributed by atoms with Crippen molar-refractivity contribution in [1.29, 1.82) is 0 Å². The van der Waals surface area contributed by atoms with Gasteiger partial charge in [-0.3, -0.25) is 0 Å². The van der Waals surface area contributed by atoms with Crippen LogP contribution in [-0.2, 0) is 16.6 Å². The average molecular weight is 375 g/mol. The molecule has 1 atom stereocenters. The van der Waals surface area contributed by atoms with Gasteiger partial charge in [0.25, 0.3) is 0 Å². The van der Waals surface area contributed by atoms with E-state index < -0.39 is 10.0 Å². The van der Waals surface area contributed by atoms with E-state index in [2.05, 4.69) is 28.2 Å². The molecule has 0 aromatic heterocycles. The quantitative estimate of drug-likeness (QED) is 0.861. The summed E-state index contributed by atoms with van der Waals surface area (Å²) in [6, 6.07) is 3.80. The van der Waals surface area contributed by atoms with Crippen LogP contribution in [0.25, 0.3) is 0 Å². The Kier molecular flexibility index (Phi) is 5.46. The van der Waals surface area contributed by atoms with Gasteiger partial charge in [0.15, 0.2) is 0 Å². The topological polar surface area (TPSA) is 49.4 Å². The van der Waals surface area contributed by atoms with E-state index in [0.717, 1.165) is 28.6 Å². The molecule has 0 amide bonds. The van der Waals surface area contributed by atoms with Gasteiger partial charge in [-0.1, -0.05) is 29.8 Å². The van der Waals surface area contributed by atoms with E-state index in [1.807, 2.05) is 19.9 Å². The zero-order valence-corrected chi connectivity index (χ0v) is 15.2. The Morgan fingerprint density at radius 2 is 2.14 bits per heavy atom. The second-order valence-corrected chi connectivity index (χ2v) is 8.50. The first-order valence-electron chi connectivity index (χ1n) is 7.36. The summed E-state index contributed by atoms with van der Waals surface area (Å²) in [5, 5.41) is 3.24. The second kappa shape index (κ2) is 6.77. The molecule has 0 radical (unpaired) electrons. The summed E-state index contributed by atoms with van der Waals surface area (Å²) in [6.07, 6.45) is 0.941. The molecule has 0 saturated carbocycles. The summed E-state index contributed by atoms with van der Waals surface area (Å²) >= 11 is 3.49. The van der Waals surface area contributed by atoms with Crippen molar-refractivity contribution in [2.45, 2.75) is 38.6 Å². The molecule has 1 saturated heterocycles. The first-order valence-corrected chi connectivity index (χ1v) is 9.59. The minimum absolute atomic E-state index is 0.430. The van der Waals surface area contributed by atoms with Crippen molar-refractivity contribution in [2.24, 2.45) is 5.92 Å².